The van der Waals surface area contributed by atoms with Gasteiger partial charge < -0.3 is 10.2 Å². The largest absolute Gasteiger partial charge is 0.468 e. The van der Waals surface area contributed by atoms with E-state index in [1.165, 1.54) is 18.4 Å². The monoisotopic (exact) mass is 422 g/mol. The van der Waals surface area contributed by atoms with Gasteiger partial charge in [0.25, 0.3) is 0 Å². The number of nitrogens with two attached hydrogens (primary N) is 1. The molecule has 5 nitrogen and oxygen atoms in total. The Morgan fingerprint density at radius 2 is 1.90 bits per heavy atom. The van der Waals surface area contributed by atoms with Crippen LogP contribution < -0.4 is 10.5 Å². The topological polar surface area (TPSA) is 85.3 Å². The Balaban J connectivity index is 2.37. The highest BCUT2D eigenvalue weighted by atomic mass is 79.9. The molecule has 1 unspecified atom stereocenters. The smallest absolute Gasteiger partial charge is 0.243 e. The molecule has 0 aliphatic rings. The number of furan rings is 1. The number of benzene rings is 1. The summed E-state index contributed by atoms with van der Waals surface area (Å²) in [6.07, 6.45) is 1.50. The Morgan fingerprint density at radius 1 is 1.30 bits per heavy atom. The third kappa shape index (κ3) is 3.25. The first-order chi connectivity index (χ1) is 9.31. The van der Waals surface area contributed by atoms with Crippen molar-refractivity contribution >= 4 is 47.6 Å². The lowest BCUT2D eigenvalue weighted by atomic mass is 10.3. The van der Waals surface area contributed by atoms with Gasteiger partial charge in [-0.25, -0.2) is 13.1 Å². The number of anilines is 1. The number of rotatable bonds is 4. The Bertz CT molecular complexity index is 691. The van der Waals surface area contributed by atoms with Crippen LogP contribution in [0.15, 0.2) is 48.8 Å². The number of hydrogen-bond acceptors (Lipinski definition) is 4. The fourth-order valence-corrected chi connectivity index (χ4v) is 5.55. The zero-order chi connectivity index (χ0) is 14.9. The van der Waals surface area contributed by atoms with E-state index in [0.717, 1.165) is 0 Å². The van der Waals surface area contributed by atoms with Gasteiger partial charge in [-0.2, -0.15) is 0 Å². The van der Waals surface area contributed by atoms with Gasteiger partial charge in [-0.3, -0.25) is 0 Å². The summed E-state index contributed by atoms with van der Waals surface area (Å²) in [5.74, 6) is 0.538. The Hall–Kier alpha value is -0.830. The zero-order valence-corrected chi connectivity index (χ0v) is 14.4. The molecule has 8 heteroatoms. The number of hydrogen-bond donors (Lipinski definition) is 2. The highest BCUT2D eigenvalue weighted by Gasteiger charge is 2.25. The van der Waals surface area contributed by atoms with Crippen LogP contribution in [0, 0.1) is 0 Å². The summed E-state index contributed by atoms with van der Waals surface area (Å²) in [4.78, 5) is 0.102. The van der Waals surface area contributed by atoms with E-state index in [1.807, 2.05) is 0 Å². The van der Waals surface area contributed by atoms with E-state index < -0.39 is 16.1 Å². The van der Waals surface area contributed by atoms with E-state index in [9.17, 15) is 8.42 Å². The third-order valence-corrected chi connectivity index (χ3v) is 6.01. The fourth-order valence-electron chi connectivity index (χ4n) is 1.72. The molecule has 0 fully saturated rings. The standard InChI is InChI=1S/C12H12Br2N2O3S/c1-7(11-3-2-4-19-11)16-20(17,18)12-9(13)5-8(15)6-10(12)14/h2-7,16H,15H2,1H3. The number of nitrogens with one attached hydrogen (secondary N) is 1. The molecule has 1 aromatic heterocycles. The lowest BCUT2D eigenvalue weighted by Gasteiger charge is -2.14. The van der Waals surface area contributed by atoms with Crippen LogP contribution in [-0.2, 0) is 10.0 Å². The maximum absolute atomic E-state index is 12.4. The zero-order valence-electron chi connectivity index (χ0n) is 10.4. The summed E-state index contributed by atoms with van der Waals surface area (Å²) >= 11 is 6.44. The molecule has 0 saturated heterocycles. The summed E-state index contributed by atoms with van der Waals surface area (Å²) in [6, 6.07) is 6.01. The Kier molecular flexibility index (Phi) is 4.58. The molecule has 1 heterocycles. The lowest BCUT2D eigenvalue weighted by Crippen LogP contribution is -2.27. The van der Waals surface area contributed by atoms with Crippen molar-refractivity contribution in [1.29, 1.82) is 0 Å². The molecule has 1 atom stereocenters. The number of halogens is 2. The molecule has 2 rings (SSSR count). The van der Waals surface area contributed by atoms with Crippen molar-refractivity contribution in [2.75, 3.05) is 5.73 Å². The molecule has 0 radical (unpaired) electrons. The first-order valence-corrected chi connectivity index (χ1v) is 8.68. The van der Waals surface area contributed by atoms with Crippen molar-refractivity contribution in [2.45, 2.75) is 17.9 Å². The molecule has 0 spiro atoms. The maximum Gasteiger partial charge on any atom is 0.243 e. The fraction of sp³-hybridized carbons (Fsp3) is 0.167. The molecule has 3 N–H and O–H groups in total. The summed E-state index contributed by atoms with van der Waals surface area (Å²) in [6.45, 7) is 1.70. The van der Waals surface area contributed by atoms with E-state index in [4.69, 9.17) is 10.2 Å². The second-order valence-corrected chi connectivity index (χ2v) is 7.53. The van der Waals surface area contributed by atoms with Crippen LogP contribution in [-0.4, -0.2) is 8.42 Å². The van der Waals surface area contributed by atoms with Crippen molar-refractivity contribution < 1.29 is 12.8 Å². The minimum atomic E-state index is -3.72. The van der Waals surface area contributed by atoms with Crippen LogP contribution in [0.3, 0.4) is 0 Å². The van der Waals surface area contributed by atoms with Crippen LogP contribution in [0.1, 0.15) is 18.7 Å². The molecule has 1 aromatic carbocycles. The van der Waals surface area contributed by atoms with Gasteiger partial charge in [0, 0.05) is 14.6 Å². The van der Waals surface area contributed by atoms with Gasteiger partial charge in [0.1, 0.15) is 10.7 Å². The first kappa shape index (κ1) is 15.6. The van der Waals surface area contributed by atoms with E-state index in [-0.39, 0.29) is 4.90 Å². The van der Waals surface area contributed by atoms with Gasteiger partial charge in [-0.1, -0.05) is 0 Å². The summed E-state index contributed by atoms with van der Waals surface area (Å²) in [5.41, 5.74) is 6.12. The van der Waals surface area contributed by atoms with Crippen LogP contribution in [0.5, 0.6) is 0 Å². The van der Waals surface area contributed by atoms with E-state index in [0.29, 0.717) is 20.4 Å². The highest BCUT2D eigenvalue weighted by molar-refractivity contribution is 9.11. The predicted octanol–water partition coefficient (Wildman–Crippen LogP) is 3.43. The third-order valence-electron chi connectivity index (χ3n) is 2.59. The van der Waals surface area contributed by atoms with Crippen molar-refractivity contribution in [3.63, 3.8) is 0 Å². The van der Waals surface area contributed by atoms with Gasteiger partial charge in [0.2, 0.25) is 10.0 Å². The number of nitrogen functional groups attached to an aromatic ring is 1. The molecular weight excluding hydrogens is 412 g/mol. The normalized spacial score (nSPS) is 13.3. The Labute approximate surface area is 133 Å². The van der Waals surface area contributed by atoms with Gasteiger partial charge in [0.05, 0.1) is 12.3 Å². The van der Waals surface area contributed by atoms with E-state index in [1.54, 1.807) is 19.1 Å². The maximum atomic E-state index is 12.4. The van der Waals surface area contributed by atoms with Gasteiger partial charge in [-0.15, -0.1) is 0 Å². The quantitative estimate of drug-likeness (QED) is 0.737. The van der Waals surface area contributed by atoms with Crippen molar-refractivity contribution in [3.8, 4) is 0 Å². The molecule has 2 aromatic rings. The average Bonchev–Trinajstić information content (AvgIpc) is 2.78. The van der Waals surface area contributed by atoms with Crippen molar-refractivity contribution in [1.82, 2.24) is 4.72 Å². The van der Waals surface area contributed by atoms with E-state index >= 15 is 0 Å². The van der Waals surface area contributed by atoms with Crippen LogP contribution in [0.4, 0.5) is 5.69 Å². The van der Waals surface area contributed by atoms with Crippen LogP contribution >= 0.6 is 31.9 Å². The number of sulfonamides is 1. The van der Waals surface area contributed by atoms with Crippen molar-refractivity contribution in [3.05, 3.63) is 45.2 Å². The molecule has 20 heavy (non-hydrogen) atoms. The van der Waals surface area contributed by atoms with E-state index in [2.05, 4.69) is 36.6 Å². The second kappa shape index (κ2) is 5.88. The SMILES string of the molecule is CC(NS(=O)(=O)c1c(Br)cc(N)cc1Br)c1ccco1. The lowest BCUT2D eigenvalue weighted by molar-refractivity contribution is 0.459. The minimum absolute atomic E-state index is 0.102. The van der Waals surface area contributed by atoms with Crippen LogP contribution in [0.2, 0.25) is 0 Å². The molecule has 108 valence electrons. The van der Waals surface area contributed by atoms with Crippen molar-refractivity contribution in [2.24, 2.45) is 0 Å². The van der Waals surface area contributed by atoms with Gasteiger partial charge >= 0.3 is 0 Å². The summed E-state index contributed by atoms with van der Waals surface area (Å²) < 4.78 is 33.4. The summed E-state index contributed by atoms with van der Waals surface area (Å²) in [7, 11) is -3.72. The molecule has 0 bridgehead atoms. The van der Waals surface area contributed by atoms with Gasteiger partial charge in [-0.05, 0) is 63.0 Å². The minimum Gasteiger partial charge on any atom is -0.468 e. The second-order valence-electron chi connectivity index (χ2n) is 4.17. The predicted molar refractivity (Wildman–Crippen MR) is 83.7 cm³/mol. The Morgan fingerprint density at radius 3 is 2.40 bits per heavy atom. The molecule has 0 aliphatic heterocycles. The van der Waals surface area contributed by atoms with Gasteiger partial charge in [0.15, 0.2) is 0 Å². The first-order valence-electron chi connectivity index (χ1n) is 5.61. The highest BCUT2D eigenvalue weighted by Crippen LogP contribution is 2.33. The molecule has 0 amide bonds. The average molecular weight is 424 g/mol. The van der Waals surface area contributed by atoms with Crippen LogP contribution in [0.25, 0.3) is 0 Å². The summed E-state index contributed by atoms with van der Waals surface area (Å²) in [5, 5.41) is 0. The molecular formula is C12H12Br2N2O3S. The molecule has 0 aliphatic carbocycles. The molecule has 0 saturated carbocycles.